The minimum Gasteiger partial charge on any atom is -0.374 e. The number of nitrogens with zero attached hydrogens (tertiary/aromatic N) is 4. The van der Waals surface area contributed by atoms with Gasteiger partial charge in [0.1, 0.15) is 0 Å². The molecule has 1 N–H and O–H groups in total. The maximum absolute atomic E-state index is 6.11. The number of guanidine groups is 1. The van der Waals surface area contributed by atoms with Crippen molar-refractivity contribution in [1.29, 1.82) is 0 Å². The second kappa shape index (κ2) is 9.04. The minimum atomic E-state index is 0. The second-order valence-electron chi connectivity index (χ2n) is 8.10. The van der Waals surface area contributed by atoms with Crippen LogP contribution in [0.2, 0.25) is 0 Å². The first kappa shape index (κ1) is 20.7. The number of likely N-dealkylation sites (tertiary alicyclic amines) is 1. The predicted octanol–water partition coefficient (Wildman–Crippen LogP) is 3.11. The van der Waals surface area contributed by atoms with E-state index in [1.807, 2.05) is 29.1 Å². The number of nitrogens with one attached hydrogen (secondary N) is 1. The highest BCUT2D eigenvalue weighted by Gasteiger charge is 2.53. The summed E-state index contributed by atoms with van der Waals surface area (Å²) in [6, 6.07) is 12.3. The summed E-state index contributed by atoms with van der Waals surface area (Å²) < 4.78 is 8.04. The van der Waals surface area contributed by atoms with Crippen molar-refractivity contribution < 1.29 is 4.74 Å². The average Bonchev–Trinajstić information content (AvgIpc) is 3.49. The summed E-state index contributed by atoms with van der Waals surface area (Å²) in [7, 11) is 0. The Hall–Kier alpha value is -1.61. The number of benzene rings is 1. The van der Waals surface area contributed by atoms with Crippen molar-refractivity contribution in [2.24, 2.45) is 16.8 Å². The van der Waals surface area contributed by atoms with Crippen LogP contribution in [0.4, 0.5) is 0 Å². The van der Waals surface area contributed by atoms with Crippen molar-refractivity contribution in [2.45, 2.75) is 38.4 Å². The van der Waals surface area contributed by atoms with Gasteiger partial charge in [0.2, 0.25) is 0 Å². The number of fused-ring (bicyclic) bond motifs is 5. The number of ether oxygens (including phenoxy) is 1. The Morgan fingerprint density at radius 1 is 1.14 bits per heavy atom. The number of hydrogen-bond acceptors (Lipinski definition) is 3. The predicted molar refractivity (Wildman–Crippen MR) is 125 cm³/mol. The van der Waals surface area contributed by atoms with Gasteiger partial charge in [-0.2, -0.15) is 5.10 Å². The third-order valence-electron chi connectivity index (χ3n) is 6.38. The van der Waals surface area contributed by atoms with Gasteiger partial charge in [0.25, 0.3) is 0 Å². The van der Waals surface area contributed by atoms with Crippen LogP contribution in [-0.4, -0.2) is 59.0 Å². The minimum absolute atomic E-state index is 0. The molecule has 4 heterocycles. The Labute approximate surface area is 189 Å². The fraction of sp³-hybridized carbons (Fsp3) is 0.545. The Kier molecular flexibility index (Phi) is 6.44. The number of hydrogen-bond donors (Lipinski definition) is 1. The molecule has 0 spiro atoms. The van der Waals surface area contributed by atoms with E-state index in [0.29, 0.717) is 24.0 Å². The van der Waals surface area contributed by atoms with Crippen LogP contribution in [0.3, 0.4) is 0 Å². The lowest BCUT2D eigenvalue weighted by atomic mass is 9.82. The van der Waals surface area contributed by atoms with E-state index in [4.69, 9.17) is 14.8 Å². The van der Waals surface area contributed by atoms with Crippen LogP contribution >= 0.6 is 24.0 Å². The molecule has 3 aliphatic rings. The Morgan fingerprint density at radius 2 is 1.86 bits per heavy atom. The van der Waals surface area contributed by atoms with E-state index in [1.54, 1.807) is 0 Å². The monoisotopic (exact) mass is 507 g/mol. The molecule has 2 bridgehead atoms. The van der Waals surface area contributed by atoms with E-state index in [2.05, 4.69) is 35.3 Å². The zero-order valence-corrected chi connectivity index (χ0v) is 19.2. The van der Waals surface area contributed by atoms with Crippen molar-refractivity contribution in [3.05, 3.63) is 48.3 Å². The molecular weight excluding hydrogens is 477 g/mol. The molecule has 4 unspecified atom stereocenters. The van der Waals surface area contributed by atoms with E-state index in [0.717, 1.165) is 49.9 Å². The van der Waals surface area contributed by atoms with Gasteiger partial charge >= 0.3 is 0 Å². The fourth-order valence-electron chi connectivity index (χ4n) is 5.05. The van der Waals surface area contributed by atoms with Gasteiger partial charge in [-0.15, -0.1) is 24.0 Å². The molecule has 3 saturated heterocycles. The molecule has 5 rings (SSSR count). The molecule has 4 atom stereocenters. The lowest BCUT2D eigenvalue weighted by Crippen LogP contribution is -2.41. The van der Waals surface area contributed by atoms with Gasteiger partial charge in [0.05, 0.1) is 23.6 Å². The summed E-state index contributed by atoms with van der Waals surface area (Å²) >= 11 is 0. The second-order valence-corrected chi connectivity index (χ2v) is 8.10. The third kappa shape index (κ3) is 4.17. The highest BCUT2D eigenvalue weighted by atomic mass is 127. The topological polar surface area (TPSA) is 54.7 Å². The smallest absolute Gasteiger partial charge is 0.193 e. The summed E-state index contributed by atoms with van der Waals surface area (Å²) in [5.41, 5.74) is 2.17. The lowest BCUT2D eigenvalue weighted by molar-refractivity contribution is 0.0767. The van der Waals surface area contributed by atoms with Crippen molar-refractivity contribution >= 4 is 29.9 Å². The van der Waals surface area contributed by atoms with E-state index in [1.165, 1.54) is 12.8 Å². The maximum Gasteiger partial charge on any atom is 0.193 e. The van der Waals surface area contributed by atoms with Gasteiger partial charge in [0, 0.05) is 50.6 Å². The Morgan fingerprint density at radius 3 is 2.55 bits per heavy atom. The summed E-state index contributed by atoms with van der Waals surface area (Å²) in [5.74, 6) is 2.45. The van der Waals surface area contributed by atoms with E-state index < -0.39 is 0 Å². The first-order chi connectivity index (χ1) is 13.8. The molecule has 2 aromatic rings. The molecule has 3 aliphatic heterocycles. The zero-order valence-electron chi connectivity index (χ0n) is 16.9. The number of aromatic nitrogens is 2. The lowest BCUT2D eigenvalue weighted by Gasteiger charge is -2.23. The van der Waals surface area contributed by atoms with Crippen molar-refractivity contribution in [3.63, 3.8) is 0 Å². The van der Waals surface area contributed by atoms with Crippen LogP contribution in [0.5, 0.6) is 0 Å². The molecule has 3 fully saturated rings. The molecule has 0 aliphatic carbocycles. The molecule has 29 heavy (non-hydrogen) atoms. The van der Waals surface area contributed by atoms with Gasteiger partial charge in [-0.1, -0.05) is 18.2 Å². The maximum atomic E-state index is 6.11. The van der Waals surface area contributed by atoms with Crippen LogP contribution in [0.15, 0.2) is 47.6 Å². The number of rotatable bonds is 5. The van der Waals surface area contributed by atoms with Crippen LogP contribution in [0.25, 0.3) is 5.69 Å². The molecule has 0 amide bonds. The van der Waals surface area contributed by atoms with Crippen LogP contribution < -0.4 is 5.32 Å². The van der Waals surface area contributed by atoms with Crippen molar-refractivity contribution in [2.75, 3.05) is 26.2 Å². The van der Waals surface area contributed by atoms with Crippen LogP contribution in [-0.2, 0) is 11.2 Å². The molecule has 1 aromatic heterocycles. The largest absolute Gasteiger partial charge is 0.374 e. The summed E-state index contributed by atoms with van der Waals surface area (Å²) in [6.07, 6.45) is 6.35. The Balaban J connectivity index is 0.00000205. The molecule has 6 nitrogen and oxygen atoms in total. The number of para-hydroxylation sites is 1. The summed E-state index contributed by atoms with van der Waals surface area (Å²) in [4.78, 5) is 7.37. The van der Waals surface area contributed by atoms with E-state index in [9.17, 15) is 0 Å². The summed E-state index contributed by atoms with van der Waals surface area (Å²) in [5, 5.41) is 8.18. The average molecular weight is 507 g/mol. The number of aliphatic imine (C=N–C) groups is 1. The van der Waals surface area contributed by atoms with Gasteiger partial charge in [-0.05, 0) is 38.0 Å². The molecule has 0 saturated carbocycles. The van der Waals surface area contributed by atoms with E-state index in [-0.39, 0.29) is 24.0 Å². The highest BCUT2D eigenvalue weighted by Crippen LogP contribution is 2.47. The standard InChI is InChI=1S/C22H29N5O.HI/c1-2-23-22(26-14-18-19(15-26)21-9-8-20(18)28-21)24-12-10-16-11-13-27(25-16)17-6-4-3-5-7-17;/h3-7,11,13,18-21H,2,8-10,12,14-15H2,1H3,(H,23,24);1H. The van der Waals surface area contributed by atoms with Gasteiger partial charge in [-0.3, -0.25) is 4.99 Å². The first-order valence-electron chi connectivity index (χ1n) is 10.6. The van der Waals surface area contributed by atoms with Gasteiger partial charge < -0.3 is 15.0 Å². The highest BCUT2D eigenvalue weighted by molar-refractivity contribution is 14.0. The Bertz CT molecular complexity index is 821. The molecule has 156 valence electrons. The molecule has 0 radical (unpaired) electrons. The van der Waals surface area contributed by atoms with Gasteiger partial charge in [0.15, 0.2) is 5.96 Å². The fourth-order valence-corrected chi connectivity index (χ4v) is 5.05. The normalized spacial score (nSPS) is 27.8. The number of halogens is 1. The molecule has 7 heteroatoms. The quantitative estimate of drug-likeness (QED) is 0.384. The molecule has 1 aromatic carbocycles. The van der Waals surface area contributed by atoms with Crippen molar-refractivity contribution in [1.82, 2.24) is 20.0 Å². The third-order valence-corrected chi connectivity index (χ3v) is 6.38. The molecular formula is C22H30IN5O. The zero-order chi connectivity index (χ0) is 18.9. The summed E-state index contributed by atoms with van der Waals surface area (Å²) in [6.45, 7) is 5.96. The first-order valence-corrected chi connectivity index (χ1v) is 10.6. The van der Waals surface area contributed by atoms with Crippen LogP contribution in [0.1, 0.15) is 25.5 Å². The SMILES string of the molecule is CCNC(=NCCc1ccn(-c2ccccc2)n1)N1CC2C3CCC(O3)C2C1.I. The van der Waals surface area contributed by atoms with Crippen LogP contribution in [0, 0.1) is 11.8 Å². The van der Waals surface area contributed by atoms with E-state index >= 15 is 0 Å². The van der Waals surface area contributed by atoms with Crippen molar-refractivity contribution in [3.8, 4) is 5.69 Å². The van der Waals surface area contributed by atoms with Gasteiger partial charge in [-0.25, -0.2) is 4.68 Å².